The van der Waals surface area contributed by atoms with Crippen LogP contribution in [0.3, 0.4) is 0 Å². The van der Waals surface area contributed by atoms with E-state index in [0.717, 1.165) is 13.1 Å². The maximum Gasteiger partial charge on any atom is 0.0208 e. The average Bonchev–Trinajstić information content (AvgIpc) is 2.35. The summed E-state index contributed by atoms with van der Waals surface area (Å²) in [6.07, 6.45) is 1.20. The molecule has 0 aromatic heterocycles. The molecule has 1 N–H and O–H groups in total. The van der Waals surface area contributed by atoms with Gasteiger partial charge >= 0.3 is 0 Å². The van der Waals surface area contributed by atoms with Gasteiger partial charge in [0.05, 0.1) is 0 Å². The van der Waals surface area contributed by atoms with Crippen molar-refractivity contribution in [1.29, 1.82) is 0 Å². The van der Waals surface area contributed by atoms with Gasteiger partial charge in [0, 0.05) is 6.54 Å². The maximum absolute atomic E-state index is 3.37. The second-order valence-corrected chi connectivity index (χ2v) is 3.14. The fraction of sp³-hybridized carbons (Fsp3) is 0.571. The van der Waals surface area contributed by atoms with Gasteiger partial charge < -0.3 is 5.32 Å². The van der Waals surface area contributed by atoms with E-state index in [2.05, 4.69) is 30.4 Å². The van der Waals surface area contributed by atoms with E-state index in [9.17, 15) is 0 Å². The number of rotatable bonds is 0. The van der Waals surface area contributed by atoms with Crippen LogP contribution in [0, 0.1) is 6.92 Å². The monoisotopic (exact) mass is 207 g/mol. The normalized spacial score (nSPS) is 12.6. The van der Waals surface area contributed by atoms with Crippen molar-refractivity contribution < 1.29 is 0 Å². The van der Waals surface area contributed by atoms with E-state index in [-0.39, 0.29) is 0 Å². The predicted molar refractivity (Wildman–Crippen MR) is 69.3 cm³/mol. The summed E-state index contributed by atoms with van der Waals surface area (Å²) in [4.78, 5) is 0. The Labute approximate surface area is 94.9 Å². The van der Waals surface area contributed by atoms with Gasteiger partial charge in [0.25, 0.3) is 0 Å². The predicted octanol–water partition coefficient (Wildman–Crippen LogP) is 3.69. The third-order valence-electron chi connectivity index (χ3n) is 2.37. The highest BCUT2D eigenvalue weighted by atomic mass is 14.9. The van der Waals surface area contributed by atoms with Gasteiger partial charge in [0.1, 0.15) is 0 Å². The smallest absolute Gasteiger partial charge is 0.0208 e. The zero-order valence-corrected chi connectivity index (χ0v) is 10.9. The highest BCUT2D eigenvalue weighted by molar-refractivity contribution is 5.35. The zero-order chi connectivity index (χ0) is 11.7. The van der Waals surface area contributed by atoms with E-state index < -0.39 is 0 Å². The lowest BCUT2D eigenvalue weighted by Crippen LogP contribution is -2.24. The number of nitrogens with one attached hydrogen (secondary N) is 1. The van der Waals surface area contributed by atoms with E-state index >= 15 is 0 Å². The molecule has 1 aliphatic heterocycles. The van der Waals surface area contributed by atoms with Crippen LogP contribution in [0.25, 0.3) is 0 Å². The van der Waals surface area contributed by atoms with Crippen molar-refractivity contribution in [3.63, 3.8) is 0 Å². The average molecular weight is 207 g/mol. The Balaban J connectivity index is 0.000000442. The van der Waals surface area contributed by atoms with Gasteiger partial charge in [0.2, 0.25) is 0 Å². The summed E-state index contributed by atoms with van der Waals surface area (Å²) in [5, 5.41) is 3.37. The van der Waals surface area contributed by atoms with Crippen LogP contribution in [0.2, 0.25) is 0 Å². The molecule has 0 saturated carbocycles. The molecule has 0 atom stereocenters. The Hall–Kier alpha value is -0.820. The molecular weight excluding hydrogens is 182 g/mol. The highest BCUT2D eigenvalue weighted by Gasteiger charge is 2.08. The third kappa shape index (κ3) is 4.05. The first-order chi connectivity index (χ1) is 7.38. The fourth-order valence-corrected chi connectivity index (χ4v) is 1.72. The molecule has 0 aliphatic carbocycles. The molecule has 1 aliphatic rings. The van der Waals surface area contributed by atoms with E-state index in [0.29, 0.717) is 0 Å². The molecule has 0 amide bonds. The number of benzene rings is 1. The second-order valence-electron chi connectivity index (χ2n) is 3.14. The molecule has 1 heteroatoms. The molecule has 0 bridgehead atoms. The maximum atomic E-state index is 3.37. The Morgan fingerprint density at radius 3 is 2.33 bits per heavy atom. The summed E-state index contributed by atoms with van der Waals surface area (Å²) in [5.41, 5.74) is 4.49. The Bertz CT molecular complexity index is 266. The van der Waals surface area contributed by atoms with Crippen molar-refractivity contribution in [1.82, 2.24) is 5.32 Å². The molecule has 0 unspecified atom stereocenters. The quantitative estimate of drug-likeness (QED) is 0.684. The summed E-state index contributed by atoms with van der Waals surface area (Å²) >= 11 is 0. The van der Waals surface area contributed by atoms with Crippen molar-refractivity contribution in [2.24, 2.45) is 0 Å². The van der Waals surface area contributed by atoms with Crippen LogP contribution in [0.1, 0.15) is 44.4 Å². The van der Waals surface area contributed by atoms with Crippen LogP contribution in [0.4, 0.5) is 0 Å². The van der Waals surface area contributed by atoms with Gasteiger partial charge in [-0.15, -0.1) is 0 Å². The van der Waals surface area contributed by atoms with Crippen LogP contribution >= 0.6 is 0 Å². The minimum absolute atomic E-state index is 1.05. The van der Waals surface area contributed by atoms with Gasteiger partial charge in [-0.1, -0.05) is 45.9 Å². The molecule has 1 nitrogen and oxygen atoms in total. The molecule has 0 fully saturated rings. The lowest BCUT2D eigenvalue weighted by Gasteiger charge is -2.18. The molecule has 86 valence electrons. The summed E-state index contributed by atoms with van der Waals surface area (Å²) in [6, 6.07) is 6.56. The second kappa shape index (κ2) is 8.49. The lowest BCUT2D eigenvalue weighted by atomic mass is 9.97. The Kier molecular flexibility index (Phi) is 8.02. The van der Waals surface area contributed by atoms with Gasteiger partial charge in [0.15, 0.2) is 0 Å². The van der Waals surface area contributed by atoms with Crippen LogP contribution in [0.15, 0.2) is 18.2 Å². The molecule has 1 aromatic carbocycles. The Morgan fingerprint density at radius 2 is 1.73 bits per heavy atom. The largest absolute Gasteiger partial charge is 0.312 e. The Morgan fingerprint density at radius 1 is 1.07 bits per heavy atom. The van der Waals surface area contributed by atoms with Gasteiger partial charge in [-0.05, 0) is 36.6 Å². The highest BCUT2D eigenvalue weighted by Crippen LogP contribution is 2.16. The van der Waals surface area contributed by atoms with Gasteiger partial charge in [-0.25, -0.2) is 0 Å². The first-order valence-electron chi connectivity index (χ1n) is 6.16. The number of fused-ring (bicyclic) bond motifs is 1. The number of hydrogen-bond acceptors (Lipinski definition) is 1. The molecule has 1 heterocycles. The minimum Gasteiger partial charge on any atom is -0.312 e. The number of aryl methyl sites for hydroxylation is 1. The lowest BCUT2D eigenvalue weighted by molar-refractivity contribution is 0.641. The summed E-state index contributed by atoms with van der Waals surface area (Å²) in [6.45, 7) is 12.4. The third-order valence-corrected chi connectivity index (χ3v) is 2.37. The van der Waals surface area contributed by atoms with Crippen molar-refractivity contribution in [3.8, 4) is 0 Å². The first-order valence-corrected chi connectivity index (χ1v) is 6.16. The van der Waals surface area contributed by atoms with Crippen molar-refractivity contribution in [2.75, 3.05) is 6.54 Å². The molecule has 15 heavy (non-hydrogen) atoms. The topological polar surface area (TPSA) is 12.0 Å². The van der Waals surface area contributed by atoms with Crippen molar-refractivity contribution in [3.05, 3.63) is 34.9 Å². The van der Waals surface area contributed by atoms with Crippen molar-refractivity contribution >= 4 is 0 Å². The molecule has 0 saturated heterocycles. The van der Waals surface area contributed by atoms with Gasteiger partial charge in [-0.2, -0.15) is 0 Å². The van der Waals surface area contributed by atoms with Crippen molar-refractivity contribution in [2.45, 2.75) is 47.6 Å². The first kappa shape index (κ1) is 14.2. The summed E-state index contributed by atoms with van der Waals surface area (Å²) < 4.78 is 0. The molecule has 0 radical (unpaired) electrons. The fourth-order valence-electron chi connectivity index (χ4n) is 1.72. The van der Waals surface area contributed by atoms with E-state index in [1.54, 1.807) is 5.56 Å². The SMILES string of the molecule is CC.CC.Cc1cccc2c1CCNC2. The summed E-state index contributed by atoms with van der Waals surface area (Å²) in [7, 11) is 0. The zero-order valence-electron chi connectivity index (χ0n) is 10.9. The van der Waals surface area contributed by atoms with Crippen LogP contribution in [-0.2, 0) is 13.0 Å². The van der Waals surface area contributed by atoms with Crippen LogP contribution < -0.4 is 5.32 Å². The number of hydrogen-bond donors (Lipinski definition) is 1. The molecular formula is C14H25N. The standard InChI is InChI=1S/C10H13N.2C2H6/c1-8-3-2-4-9-7-11-6-5-10(8)9;2*1-2/h2-4,11H,5-7H2,1H3;2*1-2H3. The molecule has 0 spiro atoms. The molecule has 1 aromatic rings. The van der Waals surface area contributed by atoms with Crippen LogP contribution in [0.5, 0.6) is 0 Å². The molecule has 2 rings (SSSR count). The van der Waals surface area contributed by atoms with E-state index in [1.807, 2.05) is 27.7 Å². The van der Waals surface area contributed by atoms with E-state index in [4.69, 9.17) is 0 Å². The van der Waals surface area contributed by atoms with Crippen LogP contribution in [-0.4, -0.2) is 6.54 Å². The summed E-state index contributed by atoms with van der Waals surface area (Å²) in [5.74, 6) is 0. The van der Waals surface area contributed by atoms with Gasteiger partial charge in [-0.3, -0.25) is 0 Å². The minimum atomic E-state index is 1.05. The van der Waals surface area contributed by atoms with E-state index in [1.165, 1.54) is 17.5 Å².